The Morgan fingerprint density at radius 2 is 2.00 bits per heavy atom. The average Bonchev–Trinajstić information content (AvgIpc) is 2.46. The van der Waals surface area contributed by atoms with E-state index in [-0.39, 0.29) is 23.9 Å². The normalized spacial score (nSPS) is 31.9. The van der Waals surface area contributed by atoms with Crippen LogP contribution in [0.4, 0.5) is 0 Å². The van der Waals surface area contributed by atoms with Gasteiger partial charge in [0, 0.05) is 32.7 Å². The zero-order chi connectivity index (χ0) is 13.8. The second-order valence-corrected chi connectivity index (χ2v) is 5.43. The maximum atomic E-state index is 12.5. The minimum absolute atomic E-state index is 0.0488. The van der Waals surface area contributed by atoms with Crippen molar-refractivity contribution in [1.29, 1.82) is 0 Å². The van der Waals surface area contributed by atoms with Gasteiger partial charge in [0.25, 0.3) is 0 Å². The Kier molecular flexibility index (Phi) is 4.76. The van der Waals surface area contributed by atoms with Crippen LogP contribution in [0.2, 0.25) is 0 Å². The number of carbonyl (C=O) groups excluding carboxylic acids is 2. The molecule has 3 atom stereocenters. The van der Waals surface area contributed by atoms with E-state index in [0.717, 1.165) is 25.8 Å². The monoisotopic (exact) mass is 268 g/mol. The van der Waals surface area contributed by atoms with Crippen LogP contribution in [-0.4, -0.2) is 61.5 Å². The Morgan fingerprint density at radius 3 is 2.63 bits per heavy atom. The highest BCUT2D eigenvalue weighted by Gasteiger charge is 2.35. The summed E-state index contributed by atoms with van der Waals surface area (Å²) in [6, 6.07) is -0.117. The van der Waals surface area contributed by atoms with Gasteiger partial charge in [-0.15, -0.1) is 0 Å². The van der Waals surface area contributed by atoms with Crippen molar-refractivity contribution in [3.05, 3.63) is 0 Å². The number of piperazine rings is 1. The third-order valence-corrected chi connectivity index (χ3v) is 3.97. The maximum Gasteiger partial charge on any atom is 0.242 e. The zero-order valence-electron chi connectivity index (χ0n) is 11.7. The lowest BCUT2D eigenvalue weighted by Crippen LogP contribution is -2.62. The lowest BCUT2D eigenvalue weighted by molar-refractivity contribution is -0.144. The zero-order valence-corrected chi connectivity index (χ0v) is 11.7. The number of hydrogen-bond acceptors (Lipinski definition) is 4. The largest absolute Gasteiger partial charge is 0.357 e. The summed E-state index contributed by atoms with van der Waals surface area (Å²) in [5.74, 6) is -0.00196. The van der Waals surface area contributed by atoms with Crippen LogP contribution >= 0.6 is 0 Å². The average molecular weight is 268 g/mol. The summed E-state index contributed by atoms with van der Waals surface area (Å²) >= 11 is 0. The molecule has 6 nitrogen and oxygen atoms in total. The number of nitrogens with zero attached hydrogens (tertiary/aromatic N) is 1. The van der Waals surface area contributed by atoms with Gasteiger partial charge in [-0.25, -0.2) is 0 Å². The minimum atomic E-state index is -0.299. The van der Waals surface area contributed by atoms with Gasteiger partial charge in [-0.1, -0.05) is 0 Å². The van der Waals surface area contributed by atoms with E-state index < -0.39 is 0 Å². The number of carbonyl (C=O) groups is 2. The summed E-state index contributed by atoms with van der Waals surface area (Å²) in [5.41, 5.74) is 0. The van der Waals surface area contributed by atoms with Crippen LogP contribution in [0.15, 0.2) is 0 Å². The van der Waals surface area contributed by atoms with Crippen LogP contribution in [0.25, 0.3) is 0 Å². The van der Waals surface area contributed by atoms with E-state index in [4.69, 9.17) is 0 Å². The van der Waals surface area contributed by atoms with Crippen molar-refractivity contribution in [2.75, 3.05) is 26.7 Å². The predicted molar refractivity (Wildman–Crippen MR) is 72.7 cm³/mol. The quantitative estimate of drug-likeness (QED) is 0.604. The molecule has 6 heteroatoms. The van der Waals surface area contributed by atoms with Gasteiger partial charge in [-0.05, 0) is 26.2 Å². The SMILES string of the molecule is CNC(=O)C1CCCCN1C(=O)C1CNC(C)CN1. The van der Waals surface area contributed by atoms with Gasteiger partial charge in [0.05, 0.1) is 6.04 Å². The smallest absolute Gasteiger partial charge is 0.242 e. The second-order valence-electron chi connectivity index (χ2n) is 5.43. The minimum Gasteiger partial charge on any atom is -0.357 e. The highest BCUT2D eigenvalue weighted by molar-refractivity contribution is 5.90. The first-order valence-electron chi connectivity index (χ1n) is 7.12. The Labute approximate surface area is 114 Å². The Morgan fingerprint density at radius 1 is 1.21 bits per heavy atom. The number of likely N-dealkylation sites (tertiary alicyclic amines) is 1. The van der Waals surface area contributed by atoms with Gasteiger partial charge in [0.1, 0.15) is 6.04 Å². The van der Waals surface area contributed by atoms with Crippen molar-refractivity contribution in [3.63, 3.8) is 0 Å². The summed E-state index contributed by atoms with van der Waals surface area (Å²) in [6.07, 6.45) is 2.76. The first-order chi connectivity index (χ1) is 9.13. The van der Waals surface area contributed by atoms with Gasteiger partial charge in [-0.2, -0.15) is 0 Å². The molecule has 3 unspecified atom stereocenters. The molecule has 0 aromatic carbocycles. The van der Waals surface area contributed by atoms with Gasteiger partial charge in [0.15, 0.2) is 0 Å². The lowest BCUT2D eigenvalue weighted by atomic mass is 9.99. The number of rotatable bonds is 2. The molecule has 0 aromatic rings. The Hall–Kier alpha value is -1.14. The van der Waals surface area contributed by atoms with E-state index in [1.807, 2.05) is 0 Å². The van der Waals surface area contributed by atoms with Crippen LogP contribution in [-0.2, 0) is 9.59 Å². The fourth-order valence-electron chi connectivity index (χ4n) is 2.79. The number of likely N-dealkylation sites (N-methyl/N-ethyl adjacent to an activating group) is 1. The molecule has 0 radical (unpaired) electrons. The van der Waals surface area contributed by atoms with Crippen LogP contribution in [0, 0.1) is 0 Å². The van der Waals surface area contributed by atoms with E-state index in [0.29, 0.717) is 19.1 Å². The third-order valence-electron chi connectivity index (χ3n) is 3.97. The van der Waals surface area contributed by atoms with Crippen molar-refractivity contribution < 1.29 is 9.59 Å². The van der Waals surface area contributed by atoms with Gasteiger partial charge >= 0.3 is 0 Å². The molecule has 108 valence electrons. The molecule has 0 aliphatic carbocycles. The first kappa shape index (κ1) is 14.3. The second kappa shape index (κ2) is 6.34. The van der Waals surface area contributed by atoms with E-state index >= 15 is 0 Å². The molecule has 0 bridgehead atoms. The molecule has 0 saturated carbocycles. The standard InChI is InChI=1S/C13H24N4O2/c1-9-7-16-10(8-15-9)13(19)17-6-4-3-5-11(17)12(18)14-2/h9-11,15-16H,3-8H2,1-2H3,(H,14,18). The summed E-state index contributed by atoms with van der Waals surface area (Å²) < 4.78 is 0. The van der Waals surface area contributed by atoms with E-state index in [2.05, 4.69) is 22.9 Å². The molecule has 3 N–H and O–H groups in total. The van der Waals surface area contributed by atoms with Crippen LogP contribution in [0.5, 0.6) is 0 Å². The first-order valence-corrected chi connectivity index (χ1v) is 7.12. The lowest BCUT2D eigenvalue weighted by Gasteiger charge is -2.38. The molecule has 0 spiro atoms. The summed E-state index contributed by atoms with van der Waals surface area (Å²) in [6.45, 7) is 4.19. The fourth-order valence-corrected chi connectivity index (χ4v) is 2.79. The molecular weight excluding hydrogens is 244 g/mol. The molecule has 2 fully saturated rings. The van der Waals surface area contributed by atoms with Crippen LogP contribution in [0.1, 0.15) is 26.2 Å². The van der Waals surface area contributed by atoms with E-state index in [1.165, 1.54) is 0 Å². The highest BCUT2D eigenvalue weighted by atomic mass is 16.2. The summed E-state index contributed by atoms with van der Waals surface area (Å²) in [4.78, 5) is 26.2. The summed E-state index contributed by atoms with van der Waals surface area (Å²) in [5, 5.41) is 9.22. The van der Waals surface area contributed by atoms with Crippen molar-refractivity contribution in [3.8, 4) is 0 Å². The van der Waals surface area contributed by atoms with Gasteiger partial charge in [-0.3, -0.25) is 9.59 Å². The Balaban J connectivity index is 2.01. The van der Waals surface area contributed by atoms with Gasteiger partial charge < -0.3 is 20.9 Å². The van der Waals surface area contributed by atoms with E-state index in [9.17, 15) is 9.59 Å². The molecule has 2 saturated heterocycles. The summed E-state index contributed by atoms with van der Waals surface area (Å²) in [7, 11) is 1.63. The molecule has 2 amide bonds. The van der Waals surface area contributed by atoms with E-state index in [1.54, 1.807) is 11.9 Å². The van der Waals surface area contributed by atoms with Crippen LogP contribution < -0.4 is 16.0 Å². The molecule has 2 heterocycles. The number of piperidine rings is 1. The van der Waals surface area contributed by atoms with Crippen molar-refractivity contribution in [1.82, 2.24) is 20.9 Å². The highest BCUT2D eigenvalue weighted by Crippen LogP contribution is 2.18. The number of nitrogens with one attached hydrogen (secondary N) is 3. The molecule has 2 aliphatic heterocycles. The fraction of sp³-hybridized carbons (Fsp3) is 0.846. The Bertz CT molecular complexity index is 340. The van der Waals surface area contributed by atoms with Crippen molar-refractivity contribution in [2.45, 2.75) is 44.3 Å². The van der Waals surface area contributed by atoms with Crippen molar-refractivity contribution >= 4 is 11.8 Å². The third kappa shape index (κ3) is 3.25. The molecular formula is C13H24N4O2. The molecule has 2 aliphatic rings. The topological polar surface area (TPSA) is 73.5 Å². The van der Waals surface area contributed by atoms with Crippen molar-refractivity contribution in [2.24, 2.45) is 0 Å². The number of amides is 2. The van der Waals surface area contributed by atoms with Crippen LogP contribution in [0.3, 0.4) is 0 Å². The maximum absolute atomic E-state index is 12.5. The predicted octanol–water partition coefficient (Wildman–Crippen LogP) is -0.937. The molecule has 0 aromatic heterocycles. The number of hydrogen-bond donors (Lipinski definition) is 3. The molecule has 2 rings (SSSR count). The van der Waals surface area contributed by atoms with Gasteiger partial charge in [0.2, 0.25) is 11.8 Å². The molecule has 19 heavy (non-hydrogen) atoms.